The van der Waals surface area contributed by atoms with Crippen LogP contribution >= 0.6 is 15.9 Å². The van der Waals surface area contributed by atoms with Gasteiger partial charge in [-0.2, -0.15) is 0 Å². The lowest BCUT2D eigenvalue weighted by atomic mass is 9.66. The largest absolute Gasteiger partial charge is 0.463 e. The lowest BCUT2D eigenvalue weighted by molar-refractivity contribution is -0.149. The Kier molecular flexibility index (Phi) is 5.87. The van der Waals surface area contributed by atoms with Crippen molar-refractivity contribution in [3.8, 4) is 11.5 Å². The van der Waals surface area contributed by atoms with Crippen molar-refractivity contribution in [1.29, 1.82) is 0 Å². The normalized spacial score (nSPS) is 24.0. The number of carbonyl (C=O) groups excluding carboxylic acids is 2. The zero-order chi connectivity index (χ0) is 22.3. The zero-order valence-corrected chi connectivity index (χ0v) is 19.5. The van der Waals surface area contributed by atoms with Gasteiger partial charge >= 0.3 is 5.97 Å². The number of nitrogens with one attached hydrogen (secondary N) is 1. The van der Waals surface area contributed by atoms with Gasteiger partial charge in [-0.15, -0.1) is 0 Å². The molecule has 0 saturated carbocycles. The molecule has 31 heavy (non-hydrogen) atoms. The van der Waals surface area contributed by atoms with E-state index in [1.54, 1.807) is 7.11 Å². The van der Waals surface area contributed by atoms with Gasteiger partial charge in [-0.25, -0.2) is 0 Å². The summed E-state index contributed by atoms with van der Waals surface area (Å²) in [5, 5.41) is 3.26. The molecule has 2 unspecified atom stereocenters. The molecule has 0 spiro atoms. The number of esters is 1. The molecule has 2 aliphatic heterocycles. The monoisotopic (exact) mass is 491 g/mol. The standard InChI is InChI=1S/C23H26BrNO6/c1-12-19(22(27)29-6-5-28-4)20(13-7-17-18(8-14(13)24)31-11-30-17)21-15(25-12)9-23(2,3)10-16(21)26/h7-8,19-20,25H,1,5-6,9-11H2,2-4H3. The first-order valence-electron chi connectivity index (χ1n) is 10.2. The Labute approximate surface area is 189 Å². The number of Topliss-reactive ketones (excluding diaryl/α,β-unsaturated/α-hetero) is 1. The first-order chi connectivity index (χ1) is 14.7. The van der Waals surface area contributed by atoms with Crippen LogP contribution in [-0.4, -0.2) is 38.9 Å². The van der Waals surface area contributed by atoms with E-state index in [2.05, 4.69) is 41.7 Å². The van der Waals surface area contributed by atoms with E-state index in [1.165, 1.54) is 0 Å². The van der Waals surface area contributed by atoms with Gasteiger partial charge in [0.1, 0.15) is 12.5 Å². The number of hydrogen-bond donors (Lipinski definition) is 1. The molecule has 0 fully saturated rings. The molecule has 8 heteroatoms. The van der Waals surface area contributed by atoms with Gasteiger partial charge in [-0.05, 0) is 29.5 Å². The van der Waals surface area contributed by atoms with Crippen molar-refractivity contribution in [2.75, 3.05) is 27.1 Å². The van der Waals surface area contributed by atoms with Gasteiger partial charge in [0.2, 0.25) is 6.79 Å². The molecule has 166 valence electrons. The minimum atomic E-state index is -0.766. The van der Waals surface area contributed by atoms with Gasteiger partial charge in [0.25, 0.3) is 0 Å². The van der Waals surface area contributed by atoms with E-state index in [-0.39, 0.29) is 31.2 Å². The highest BCUT2D eigenvalue weighted by atomic mass is 79.9. The number of hydrogen-bond acceptors (Lipinski definition) is 7. The molecule has 0 aromatic heterocycles. The van der Waals surface area contributed by atoms with Gasteiger partial charge in [-0.3, -0.25) is 9.59 Å². The fourth-order valence-corrected chi connectivity index (χ4v) is 5.12. The molecule has 1 aromatic rings. The van der Waals surface area contributed by atoms with E-state index in [1.807, 2.05) is 12.1 Å². The van der Waals surface area contributed by atoms with Crippen LogP contribution in [0.1, 0.15) is 38.2 Å². The van der Waals surface area contributed by atoms with E-state index in [0.29, 0.717) is 35.6 Å². The molecule has 3 aliphatic rings. The first-order valence-corrected chi connectivity index (χ1v) is 11.0. The van der Waals surface area contributed by atoms with Gasteiger partial charge < -0.3 is 24.3 Å². The van der Waals surface area contributed by atoms with Crippen molar-refractivity contribution in [3.63, 3.8) is 0 Å². The van der Waals surface area contributed by atoms with E-state index in [9.17, 15) is 9.59 Å². The van der Waals surface area contributed by atoms with Gasteiger partial charge in [-0.1, -0.05) is 36.4 Å². The molecule has 7 nitrogen and oxygen atoms in total. The maximum atomic E-state index is 13.3. The van der Waals surface area contributed by atoms with E-state index >= 15 is 0 Å². The van der Waals surface area contributed by atoms with Crippen LogP contribution in [-0.2, 0) is 19.1 Å². The van der Waals surface area contributed by atoms with Gasteiger partial charge in [0.05, 0.1) is 6.61 Å². The number of halogens is 1. The number of carbonyl (C=O) groups is 2. The first kappa shape index (κ1) is 21.9. The number of rotatable bonds is 5. The lowest BCUT2D eigenvalue weighted by Crippen LogP contribution is -2.44. The summed E-state index contributed by atoms with van der Waals surface area (Å²) in [4.78, 5) is 26.5. The molecule has 2 atom stereocenters. The van der Waals surface area contributed by atoms with E-state index < -0.39 is 17.8 Å². The second-order valence-electron chi connectivity index (χ2n) is 8.83. The van der Waals surface area contributed by atoms with Crippen molar-refractivity contribution < 1.29 is 28.5 Å². The highest BCUT2D eigenvalue weighted by Crippen LogP contribution is 2.51. The maximum Gasteiger partial charge on any atom is 0.315 e. The Morgan fingerprint density at radius 3 is 2.68 bits per heavy atom. The third-order valence-electron chi connectivity index (χ3n) is 5.86. The lowest BCUT2D eigenvalue weighted by Gasteiger charge is -2.42. The van der Waals surface area contributed by atoms with Crippen LogP contribution in [0.25, 0.3) is 0 Å². The molecule has 0 saturated heterocycles. The van der Waals surface area contributed by atoms with Gasteiger partial charge in [0, 0.05) is 40.9 Å². The number of methoxy groups -OCH3 is 1. The summed E-state index contributed by atoms with van der Waals surface area (Å²) in [6.45, 7) is 8.81. The van der Waals surface area contributed by atoms with Crippen molar-refractivity contribution >= 4 is 27.7 Å². The van der Waals surface area contributed by atoms with Crippen LogP contribution in [0.4, 0.5) is 0 Å². The molecular formula is C23H26BrNO6. The summed E-state index contributed by atoms with van der Waals surface area (Å²) in [5.41, 5.74) is 2.54. The second-order valence-corrected chi connectivity index (χ2v) is 9.68. The highest BCUT2D eigenvalue weighted by molar-refractivity contribution is 9.10. The smallest absolute Gasteiger partial charge is 0.315 e. The fourth-order valence-electron chi connectivity index (χ4n) is 4.55. The zero-order valence-electron chi connectivity index (χ0n) is 17.9. The van der Waals surface area contributed by atoms with Crippen LogP contribution in [0.15, 0.2) is 40.2 Å². The predicted octanol–water partition coefficient (Wildman–Crippen LogP) is 3.83. The van der Waals surface area contributed by atoms with Gasteiger partial charge in [0.15, 0.2) is 17.3 Å². The number of fused-ring (bicyclic) bond motifs is 1. The Balaban J connectivity index is 1.83. The van der Waals surface area contributed by atoms with Crippen LogP contribution in [0.2, 0.25) is 0 Å². The molecular weight excluding hydrogens is 466 g/mol. The summed E-state index contributed by atoms with van der Waals surface area (Å²) < 4.78 is 22.2. The molecule has 4 rings (SSSR count). The molecule has 0 radical (unpaired) electrons. The summed E-state index contributed by atoms with van der Waals surface area (Å²) in [7, 11) is 1.54. The molecule has 2 heterocycles. The molecule has 0 bridgehead atoms. The Morgan fingerprint density at radius 2 is 1.97 bits per heavy atom. The van der Waals surface area contributed by atoms with E-state index in [4.69, 9.17) is 18.9 Å². The van der Waals surface area contributed by atoms with Crippen molar-refractivity contribution in [1.82, 2.24) is 5.32 Å². The molecule has 1 aliphatic carbocycles. The number of ketones is 1. The van der Waals surface area contributed by atoms with Crippen molar-refractivity contribution in [2.45, 2.75) is 32.6 Å². The maximum absolute atomic E-state index is 13.3. The highest BCUT2D eigenvalue weighted by Gasteiger charge is 2.47. The Bertz CT molecular complexity index is 983. The summed E-state index contributed by atoms with van der Waals surface area (Å²) in [6, 6.07) is 3.65. The topological polar surface area (TPSA) is 83.1 Å². The second kappa shape index (κ2) is 8.31. The third kappa shape index (κ3) is 4.11. The van der Waals surface area contributed by atoms with Crippen LogP contribution < -0.4 is 14.8 Å². The average molecular weight is 492 g/mol. The molecule has 1 N–H and O–H groups in total. The molecule has 1 aromatic carbocycles. The van der Waals surface area contributed by atoms with Crippen molar-refractivity contribution in [2.24, 2.45) is 11.3 Å². The fraction of sp³-hybridized carbons (Fsp3) is 0.478. The Hall–Kier alpha value is -2.32. The van der Waals surface area contributed by atoms with Crippen molar-refractivity contribution in [3.05, 3.63) is 45.7 Å². The van der Waals surface area contributed by atoms with Crippen LogP contribution in [0.5, 0.6) is 11.5 Å². The summed E-state index contributed by atoms with van der Waals surface area (Å²) in [5.74, 6) is -0.542. The predicted molar refractivity (Wildman–Crippen MR) is 117 cm³/mol. The quantitative estimate of drug-likeness (QED) is 0.494. The summed E-state index contributed by atoms with van der Waals surface area (Å²) in [6.07, 6.45) is 1.10. The minimum Gasteiger partial charge on any atom is -0.463 e. The van der Waals surface area contributed by atoms with Crippen LogP contribution in [0.3, 0.4) is 0 Å². The SMILES string of the molecule is C=C1NC2=C(C(=O)CC(C)(C)C2)C(c2cc3c(cc2Br)OCO3)C1C(=O)OCCOC. The number of ether oxygens (including phenoxy) is 4. The number of benzene rings is 1. The Morgan fingerprint density at radius 1 is 1.26 bits per heavy atom. The average Bonchev–Trinajstić information content (AvgIpc) is 3.12. The molecule has 0 amide bonds. The minimum absolute atomic E-state index is 0.0236. The van der Waals surface area contributed by atoms with Crippen LogP contribution in [0, 0.1) is 11.3 Å². The van der Waals surface area contributed by atoms with E-state index in [0.717, 1.165) is 15.7 Å². The number of allylic oxidation sites excluding steroid dienone is 2. The summed E-state index contributed by atoms with van der Waals surface area (Å²) >= 11 is 3.61. The third-order valence-corrected chi connectivity index (χ3v) is 6.55.